The molecule has 7 nitrogen and oxygen atoms in total. The molecule has 3 aromatic rings. The third kappa shape index (κ3) is 5.29. The van der Waals surface area contributed by atoms with E-state index in [1.165, 1.54) is 12.1 Å². The lowest BCUT2D eigenvalue weighted by molar-refractivity contribution is -0.192. The van der Waals surface area contributed by atoms with Gasteiger partial charge >= 0.3 is 12.1 Å². The van der Waals surface area contributed by atoms with E-state index in [1.54, 1.807) is 23.2 Å². The zero-order valence-corrected chi connectivity index (χ0v) is 16.8. The summed E-state index contributed by atoms with van der Waals surface area (Å²) < 4.78 is 47.3. The molecule has 2 aromatic heterocycles. The van der Waals surface area contributed by atoms with Gasteiger partial charge in [-0.2, -0.15) is 13.2 Å². The van der Waals surface area contributed by atoms with E-state index >= 15 is 0 Å². The molecule has 0 bridgehead atoms. The second-order valence-corrected chi connectivity index (χ2v) is 6.92. The number of carboxylic acid groups (broad SMARTS) is 1. The topological polar surface area (TPSA) is 88.3 Å². The van der Waals surface area contributed by atoms with E-state index < -0.39 is 12.1 Å². The number of halogens is 4. The number of carbonyl (C=O) groups excluding carboxylic acids is 1. The number of pyridine rings is 1. The van der Waals surface area contributed by atoms with E-state index in [2.05, 4.69) is 9.97 Å². The van der Waals surface area contributed by atoms with Crippen molar-refractivity contribution in [3.63, 3.8) is 0 Å². The van der Waals surface area contributed by atoms with Gasteiger partial charge in [0.15, 0.2) is 0 Å². The molecule has 1 N–H and O–H groups in total. The first-order valence-electron chi connectivity index (χ1n) is 9.39. The number of benzene rings is 1. The maximum Gasteiger partial charge on any atom is 0.490 e. The van der Waals surface area contributed by atoms with Crippen LogP contribution in [-0.2, 0) is 17.9 Å². The molecule has 0 aliphatic carbocycles. The number of fused-ring (bicyclic) bond motifs is 1. The normalized spacial score (nSPS) is 13.1. The lowest BCUT2D eigenvalue weighted by atomic mass is 10.1. The molecule has 32 heavy (non-hydrogen) atoms. The Hall–Kier alpha value is -3.76. The van der Waals surface area contributed by atoms with Crippen LogP contribution >= 0.6 is 0 Å². The van der Waals surface area contributed by atoms with Crippen LogP contribution in [0.2, 0.25) is 0 Å². The molecule has 1 aliphatic rings. The number of rotatable bonds is 2. The highest BCUT2D eigenvalue weighted by Gasteiger charge is 2.38. The van der Waals surface area contributed by atoms with Crippen LogP contribution in [0, 0.1) is 12.7 Å². The first kappa shape index (κ1) is 22.9. The summed E-state index contributed by atoms with van der Waals surface area (Å²) in [6.07, 6.45) is -3.34. The molecule has 11 heteroatoms. The van der Waals surface area contributed by atoms with Crippen LogP contribution in [0.4, 0.5) is 17.6 Å². The van der Waals surface area contributed by atoms with Crippen molar-refractivity contribution in [3.05, 3.63) is 71.7 Å². The molecule has 0 radical (unpaired) electrons. The van der Waals surface area contributed by atoms with Gasteiger partial charge in [-0.15, -0.1) is 0 Å². The minimum atomic E-state index is -5.08. The number of aromatic nitrogens is 3. The van der Waals surface area contributed by atoms with Gasteiger partial charge in [0.25, 0.3) is 5.91 Å². The summed E-state index contributed by atoms with van der Waals surface area (Å²) in [4.78, 5) is 32.0. The van der Waals surface area contributed by atoms with Crippen molar-refractivity contribution in [1.82, 2.24) is 19.4 Å². The van der Waals surface area contributed by atoms with Crippen molar-refractivity contribution < 1.29 is 32.3 Å². The zero-order valence-electron chi connectivity index (χ0n) is 16.8. The molecule has 0 spiro atoms. The molecule has 0 saturated heterocycles. The molecule has 1 amide bonds. The molecular formula is C21H18F4N4O3. The monoisotopic (exact) mass is 450 g/mol. The van der Waals surface area contributed by atoms with Crippen LogP contribution in [0.3, 0.4) is 0 Å². The van der Waals surface area contributed by atoms with Gasteiger partial charge < -0.3 is 14.6 Å². The van der Waals surface area contributed by atoms with E-state index in [0.29, 0.717) is 25.3 Å². The zero-order chi connectivity index (χ0) is 23.5. The number of imidazole rings is 1. The van der Waals surface area contributed by atoms with E-state index in [9.17, 15) is 22.4 Å². The van der Waals surface area contributed by atoms with Gasteiger partial charge in [-0.3, -0.25) is 4.79 Å². The number of amides is 1. The number of alkyl halides is 3. The first-order chi connectivity index (χ1) is 15.1. The molecule has 0 unspecified atom stereocenters. The summed E-state index contributed by atoms with van der Waals surface area (Å²) in [6.45, 7) is 3.48. The summed E-state index contributed by atoms with van der Waals surface area (Å²) in [6, 6.07) is 11.9. The Bertz CT molecular complexity index is 1140. The maximum atomic E-state index is 13.5. The molecule has 1 aliphatic heterocycles. The number of aliphatic carboxylic acids is 1. The second-order valence-electron chi connectivity index (χ2n) is 6.92. The summed E-state index contributed by atoms with van der Waals surface area (Å²) in [5, 5.41) is 7.12. The molecule has 0 saturated carbocycles. The van der Waals surface area contributed by atoms with Gasteiger partial charge in [0.05, 0.1) is 18.4 Å². The standard InChI is InChI=1S/C19H17FN4O.C2HF3O2/c1-13-4-2-7-16(22-13)19(25)23-8-9-24-17(11-21-18(24)12-23)14-5-3-6-15(20)10-14;3-2(4,5)1(6)7/h2-7,10-11H,8-9,12H2,1H3;(H,6,7). The average Bonchev–Trinajstić information content (AvgIpc) is 3.16. The van der Waals surface area contributed by atoms with E-state index in [-0.39, 0.29) is 11.7 Å². The molecule has 1 aromatic carbocycles. The number of hydrogen-bond acceptors (Lipinski definition) is 4. The molecule has 3 heterocycles. The van der Waals surface area contributed by atoms with E-state index in [4.69, 9.17) is 9.90 Å². The van der Waals surface area contributed by atoms with Gasteiger partial charge in [0, 0.05) is 24.3 Å². The fraction of sp³-hybridized carbons (Fsp3) is 0.238. The predicted molar refractivity (Wildman–Crippen MR) is 105 cm³/mol. The second kappa shape index (κ2) is 9.16. The third-order valence-corrected chi connectivity index (χ3v) is 4.62. The lowest BCUT2D eigenvalue weighted by Crippen LogP contribution is -2.39. The van der Waals surface area contributed by atoms with Crippen molar-refractivity contribution in [1.29, 1.82) is 0 Å². The summed E-state index contributed by atoms with van der Waals surface area (Å²) in [7, 11) is 0. The van der Waals surface area contributed by atoms with Gasteiger partial charge in [-0.05, 0) is 31.2 Å². The Kier molecular flexibility index (Phi) is 6.56. The summed E-state index contributed by atoms with van der Waals surface area (Å²) >= 11 is 0. The fourth-order valence-electron chi connectivity index (χ4n) is 3.14. The number of hydrogen-bond donors (Lipinski definition) is 1. The number of nitrogens with zero attached hydrogens (tertiary/aromatic N) is 4. The van der Waals surface area contributed by atoms with Crippen LogP contribution in [-0.4, -0.2) is 49.1 Å². The average molecular weight is 450 g/mol. The largest absolute Gasteiger partial charge is 0.490 e. The summed E-state index contributed by atoms with van der Waals surface area (Å²) in [5.41, 5.74) is 2.93. The third-order valence-electron chi connectivity index (χ3n) is 4.62. The number of carboxylic acids is 1. The quantitative estimate of drug-likeness (QED) is 0.602. The molecule has 0 atom stereocenters. The maximum absolute atomic E-state index is 13.5. The Balaban J connectivity index is 0.000000360. The number of aryl methyl sites for hydroxylation is 1. The molecular weight excluding hydrogens is 432 g/mol. The van der Waals surface area contributed by atoms with Crippen LogP contribution in [0.15, 0.2) is 48.7 Å². The summed E-state index contributed by atoms with van der Waals surface area (Å²) in [5.74, 6) is -2.32. The molecule has 168 valence electrons. The number of carbonyl (C=O) groups is 2. The van der Waals surface area contributed by atoms with Gasteiger partial charge in [-0.25, -0.2) is 19.2 Å². The minimum Gasteiger partial charge on any atom is -0.475 e. The van der Waals surface area contributed by atoms with Crippen molar-refractivity contribution >= 4 is 11.9 Å². The lowest BCUT2D eigenvalue weighted by Gasteiger charge is -2.28. The highest BCUT2D eigenvalue weighted by molar-refractivity contribution is 5.92. The van der Waals surface area contributed by atoms with Crippen LogP contribution in [0.25, 0.3) is 11.3 Å². The molecule has 4 rings (SSSR count). The van der Waals surface area contributed by atoms with E-state index in [1.807, 2.05) is 29.7 Å². The first-order valence-corrected chi connectivity index (χ1v) is 9.39. The van der Waals surface area contributed by atoms with Gasteiger partial charge in [0.2, 0.25) is 0 Å². The van der Waals surface area contributed by atoms with E-state index in [0.717, 1.165) is 22.8 Å². The minimum absolute atomic E-state index is 0.0924. The Morgan fingerprint density at radius 3 is 2.41 bits per heavy atom. The Labute approximate surface area is 179 Å². The van der Waals surface area contributed by atoms with Crippen molar-refractivity contribution in [3.8, 4) is 11.3 Å². The smallest absolute Gasteiger partial charge is 0.475 e. The highest BCUT2D eigenvalue weighted by atomic mass is 19.4. The fourth-order valence-corrected chi connectivity index (χ4v) is 3.14. The van der Waals surface area contributed by atoms with Gasteiger partial charge in [-0.1, -0.05) is 18.2 Å². The van der Waals surface area contributed by atoms with Crippen molar-refractivity contribution in [2.45, 2.75) is 26.2 Å². The van der Waals surface area contributed by atoms with Crippen molar-refractivity contribution in [2.75, 3.05) is 6.54 Å². The van der Waals surface area contributed by atoms with Crippen molar-refractivity contribution in [2.24, 2.45) is 0 Å². The highest BCUT2D eigenvalue weighted by Crippen LogP contribution is 2.25. The molecule has 0 fully saturated rings. The van der Waals surface area contributed by atoms with Crippen LogP contribution in [0.1, 0.15) is 22.0 Å². The SMILES string of the molecule is Cc1cccc(C(=O)N2CCn3c(-c4cccc(F)c4)cnc3C2)n1.O=C(O)C(F)(F)F. The Morgan fingerprint density at radius 2 is 1.78 bits per heavy atom. The Morgan fingerprint density at radius 1 is 1.09 bits per heavy atom. The predicted octanol–water partition coefficient (Wildman–Crippen LogP) is 3.68. The van der Waals surface area contributed by atoms with Crippen LogP contribution in [0.5, 0.6) is 0 Å². The van der Waals surface area contributed by atoms with Gasteiger partial charge in [0.1, 0.15) is 17.3 Å². The van der Waals surface area contributed by atoms with Crippen LogP contribution < -0.4 is 0 Å².